The van der Waals surface area contributed by atoms with Crippen molar-refractivity contribution in [2.45, 2.75) is 46.1 Å². The van der Waals surface area contributed by atoms with Gasteiger partial charge in [0.05, 0.1) is 0 Å². The second kappa shape index (κ2) is 5.56. The third kappa shape index (κ3) is 3.03. The lowest BCUT2D eigenvalue weighted by Gasteiger charge is -2.43. The summed E-state index contributed by atoms with van der Waals surface area (Å²) in [4.78, 5) is 13.5. The number of piperazine rings is 1. The van der Waals surface area contributed by atoms with Gasteiger partial charge in [0, 0.05) is 37.3 Å². The first kappa shape index (κ1) is 15.0. The molecule has 0 amide bonds. The highest BCUT2D eigenvalue weighted by Gasteiger charge is 2.28. The maximum absolute atomic E-state index is 6.04. The molecule has 112 valence electrons. The van der Waals surface area contributed by atoms with Gasteiger partial charge in [-0.3, -0.25) is 4.90 Å². The molecule has 0 aliphatic carbocycles. The Balaban J connectivity index is 2.17. The molecule has 2 heterocycles. The van der Waals surface area contributed by atoms with Crippen molar-refractivity contribution in [2.75, 3.05) is 36.8 Å². The molecule has 0 atom stereocenters. The molecule has 1 aromatic rings. The van der Waals surface area contributed by atoms with Gasteiger partial charge in [0.2, 0.25) is 0 Å². The Labute approximate surface area is 122 Å². The quantitative estimate of drug-likeness (QED) is 0.897. The second-order valence-electron chi connectivity index (χ2n) is 6.80. The normalized spacial score (nSPS) is 17.8. The van der Waals surface area contributed by atoms with Crippen molar-refractivity contribution in [1.82, 2.24) is 14.9 Å². The Morgan fingerprint density at radius 2 is 1.70 bits per heavy atom. The highest BCUT2D eigenvalue weighted by Crippen LogP contribution is 2.30. The summed E-state index contributed by atoms with van der Waals surface area (Å²) in [5.74, 6) is 1.97. The number of nitrogens with two attached hydrogens (primary N) is 1. The Kier molecular flexibility index (Phi) is 4.18. The molecule has 0 bridgehead atoms. The number of hydrogen-bond acceptors (Lipinski definition) is 5. The number of rotatable bonds is 2. The van der Waals surface area contributed by atoms with E-state index in [1.54, 1.807) is 6.33 Å². The molecule has 2 N–H and O–H groups in total. The number of nitrogens with zero attached hydrogens (tertiary/aromatic N) is 4. The first-order valence-corrected chi connectivity index (χ1v) is 7.41. The standard InChI is InChI=1S/C15H27N5/c1-11(2)12-13(16)17-10-18-14(12)19-6-8-20(9-7-19)15(3,4)5/h10-11H,6-9H2,1-5H3,(H2,16,17,18). The topological polar surface area (TPSA) is 58.3 Å². The second-order valence-corrected chi connectivity index (χ2v) is 6.80. The minimum atomic E-state index is 0.234. The van der Waals surface area contributed by atoms with Crippen molar-refractivity contribution in [1.29, 1.82) is 0 Å². The van der Waals surface area contributed by atoms with Gasteiger partial charge in [-0.25, -0.2) is 9.97 Å². The SMILES string of the molecule is CC(C)c1c(N)ncnc1N1CCN(C(C)(C)C)CC1. The molecule has 0 saturated carbocycles. The van der Waals surface area contributed by atoms with Crippen LogP contribution in [0.25, 0.3) is 0 Å². The first-order valence-electron chi connectivity index (χ1n) is 7.41. The van der Waals surface area contributed by atoms with Crippen LogP contribution in [0.5, 0.6) is 0 Å². The van der Waals surface area contributed by atoms with Crippen LogP contribution in [0, 0.1) is 0 Å². The average Bonchev–Trinajstić information content (AvgIpc) is 2.37. The summed E-state index contributed by atoms with van der Waals surface area (Å²) in [6.45, 7) is 15.2. The molecule has 1 aliphatic heterocycles. The molecular weight excluding hydrogens is 250 g/mol. The number of nitrogen functional groups attached to an aromatic ring is 1. The summed E-state index contributed by atoms with van der Waals surface area (Å²) in [5.41, 5.74) is 7.35. The van der Waals surface area contributed by atoms with E-state index in [4.69, 9.17) is 5.73 Å². The number of hydrogen-bond donors (Lipinski definition) is 1. The summed E-state index contributed by atoms with van der Waals surface area (Å²) in [7, 11) is 0. The molecule has 1 fully saturated rings. The lowest BCUT2D eigenvalue weighted by Crippen LogP contribution is -2.53. The molecule has 2 rings (SSSR count). The zero-order chi connectivity index (χ0) is 14.9. The predicted molar refractivity (Wildman–Crippen MR) is 84.1 cm³/mol. The molecule has 0 spiro atoms. The van der Waals surface area contributed by atoms with Crippen molar-refractivity contribution in [3.05, 3.63) is 11.9 Å². The van der Waals surface area contributed by atoms with E-state index in [0.29, 0.717) is 11.7 Å². The molecule has 1 aliphatic rings. The van der Waals surface area contributed by atoms with E-state index in [1.165, 1.54) is 0 Å². The Morgan fingerprint density at radius 1 is 1.10 bits per heavy atom. The molecule has 5 nitrogen and oxygen atoms in total. The molecule has 1 saturated heterocycles. The van der Waals surface area contributed by atoms with Crippen LogP contribution in [0.3, 0.4) is 0 Å². The van der Waals surface area contributed by atoms with E-state index >= 15 is 0 Å². The largest absolute Gasteiger partial charge is 0.383 e. The van der Waals surface area contributed by atoms with Crippen molar-refractivity contribution in [3.63, 3.8) is 0 Å². The fraction of sp³-hybridized carbons (Fsp3) is 0.733. The Morgan fingerprint density at radius 3 is 2.20 bits per heavy atom. The Bertz CT molecular complexity index is 456. The van der Waals surface area contributed by atoms with Gasteiger partial charge in [-0.2, -0.15) is 0 Å². The van der Waals surface area contributed by atoms with Crippen LogP contribution >= 0.6 is 0 Å². The smallest absolute Gasteiger partial charge is 0.137 e. The molecule has 0 aromatic carbocycles. The summed E-state index contributed by atoms with van der Waals surface area (Å²) < 4.78 is 0. The first-order chi connectivity index (χ1) is 9.30. The Hall–Kier alpha value is -1.36. The van der Waals surface area contributed by atoms with Gasteiger partial charge in [-0.05, 0) is 26.7 Å². The summed E-state index contributed by atoms with van der Waals surface area (Å²) in [6.07, 6.45) is 1.58. The monoisotopic (exact) mass is 277 g/mol. The van der Waals surface area contributed by atoms with Gasteiger partial charge in [-0.15, -0.1) is 0 Å². The maximum atomic E-state index is 6.04. The fourth-order valence-electron chi connectivity index (χ4n) is 2.79. The number of anilines is 2. The van der Waals surface area contributed by atoms with Crippen molar-refractivity contribution >= 4 is 11.6 Å². The van der Waals surface area contributed by atoms with Crippen LogP contribution in [-0.2, 0) is 0 Å². The van der Waals surface area contributed by atoms with Crippen LogP contribution in [0.1, 0.15) is 46.1 Å². The van der Waals surface area contributed by atoms with E-state index < -0.39 is 0 Å². The average molecular weight is 277 g/mol. The van der Waals surface area contributed by atoms with Crippen LogP contribution < -0.4 is 10.6 Å². The van der Waals surface area contributed by atoms with Crippen LogP contribution in [-0.4, -0.2) is 46.6 Å². The van der Waals surface area contributed by atoms with Crippen molar-refractivity contribution in [3.8, 4) is 0 Å². The third-order valence-corrected chi connectivity index (χ3v) is 4.00. The van der Waals surface area contributed by atoms with Gasteiger partial charge in [-0.1, -0.05) is 13.8 Å². The van der Waals surface area contributed by atoms with Crippen molar-refractivity contribution in [2.24, 2.45) is 0 Å². The molecule has 1 aromatic heterocycles. The maximum Gasteiger partial charge on any atom is 0.137 e. The van der Waals surface area contributed by atoms with Crippen molar-refractivity contribution < 1.29 is 0 Å². The van der Waals surface area contributed by atoms with Gasteiger partial charge in [0.1, 0.15) is 18.0 Å². The molecular formula is C15H27N5. The zero-order valence-electron chi connectivity index (χ0n) is 13.3. The van der Waals surface area contributed by atoms with Crippen LogP contribution in [0.2, 0.25) is 0 Å². The third-order valence-electron chi connectivity index (χ3n) is 4.00. The highest BCUT2D eigenvalue weighted by molar-refractivity contribution is 5.58. The predicted octanol–water partition coefficient (Wildman–Crippen LogP) is 2.10. The zero-order valence-corrected chi connectivity index (χ0v) is 13.3. The van der Waals surface area contributed by atoms with E-state index in [1.807, 2.05) is 0 Å². The molecule has 0 radical (unpaired) electrons. The van der Waals surface area contributed by atoms with Gasteiger partial charge in [0.15, 0.2) is 0 Å². The number of aromatic nitrogens is 2. The van der Waals surface area contributed by atoms with Gasteiger partial charge in [0.25, 0.3) is 0 Å². The lowest BCUT2D eigenvalue weighted by atomic mass is 10.0. The van der Waals surface area contributed by atoms with E-state index in [9.17, 15) is 0 Å². The fourth-order valence-corrected chi connectivity index (χ4v) is 2.79. The van der Waals surface area contributed by atoms with Crippen LogP contribution in [0.4, 0.5) is 11.6 Å². The van der Waals surface area contributed by atoms with Crippen LogP contribution in [0.15, 0.2) is 6.33 Å². The van der Waals surface area contributed by atoms with Gasteiger partial charge < -0.3 is 10.6 Å². The highest BCUT2D eigenvalue weighted by atomic mass is 15.3. The minimum Gasteiger partial charge on any atom is -0.383 e. The van der Waals surface area contributed by atoms with E-state index in [2.05, 4.69) is 54.4 Å². The summed E-state index contributed by atoms with van der Waals surface area (Å²) in [6, 6.07) is 0. The van der Waals surface area contributed by atoms with E-state index in [-0.39, 0.29) is 5.54 Å². The molecule has 0 unspecified atom stereocenters. The summed E-state index contributed by atoms with van der Waals surface area (Å²) in [5, 5.41) is 0. The van der Waals surface area contributed by atoms with E-state index in [0.717, 1.165) is 37.6 Å². The minimum absolute atomic E-state index is 0.234. The molecule has 20 heavy (non-hydrogen) atoms. The molecule has 5 heteroatoms. The lowest BCUT2D eigenvalue weighted by molar-refractivity contribution is 0.128. The summed E-state index contributed by atoms with van der Waals surface area (Å²) >= 11 is 0. The van der Waals surface area contributed by atoms with Gasteiger partial charge >= 0.3 is 0 Å².